The monoisotopic (exact) mass is 268 g/mol. The van der Waals surface area contributed by atoms with Crippen LogP contribution >= 0.6 is 11.8 Å². The van der Waals surface area contributed by atoms with Crippen LogP contribution in [0.2, 0.25) is 0 Å². The Morgan fingerprint density at radius 2 is 2.17 bits per heavy atom. The highest BCUT2D eigenvalue weighted by molar-refractivity contribution is 8.00. The number of hydrogen-bond donors (Lipinski definition) is 1. The van der Waals surface area contributed by atoms with E-state index in [2.05, 4.69) is 42.7 Å². The minimum absolute atomic E-state index is 0.300. The fraction of sp³-hybridized carbons (Fsp3) is 0.714. The Hall–Kier alpha value is -0.450. The van der Waals surface area contributed by atoms with E-state index in [0.29, 0.717) is 6.04 Å². The van der Waals surface area contributed by atoms with Gasteiger partial charge in [-0.25, -0.2) is 0 Å². The van der Waals surface area contributed by atoms with Crippen molar-refractivity contribution in [2.45, 2.75) is 37.3 Å². The SMILES string of the molecule is CC1CN(CCNC(C)c2ccco2)CC(C)S1. The Labute approximate surface area is 114 Å². The van der Waals surface area contributed by atoms with E-state index in [9.17, 15) is 0 Å². The lowest BCUT2D eigenvalue weighted by Crippen LogP contribution is -2.43. The lowest BCUT2D eigenvalue weighted by molar-refractivity contribution is 0.265. The fourth-order valence-corrected chi connectivity index (χ4v) is 3.93. The molecule has 0 aromatic carbocycles. The first-order valence-electron chi connectivity index (χ1n) is 6.79. The molecular formula is C14H24N2OS. The highest BCUT2D eigenvalue weighted by Gasteiger charge is 2.21. The van der Waals surface area contributed by atoms with Crippen LogP contribution in [0.15, 0.2) is 22.8 Å². The quantitative estimate of drug-likeness (QED) is 0.889. The van der Waals surface area contributed by atoms with Gasteiger partial charge in [-0.15, -0.1) is 0 Å². The number of nitrogens with zero attached hydrogens (tertiary/aromatic N) is 1. The van der Waals surface area contributed by atoms with Crippen molar-refractivity contribution in [3.63, 3.8) is 0 Å². The highest BCUT2D eigenvalue weighted by Crippen LogP contribution is 2.24. The van der Waals surface area contributed by atoms with E-state index in [4.69, 9.17) is 4.42 Å². The molecule has 0 aliphatic carbocycles. The third kappa shape index (κ3) is 4.04. The largest absolute Gasteiger partial charge is 0.468 e. The van der Waals surface area contributed by atoms with Crippen LogP contribution in [0.1, 0.15) is 32.6 Å². The second-order valence-electron chi connectivity index (χ2n) is 5.21. The second-order valence-corrected chi connectivity index (χ2v) is 7.09. The number of thioether (sulfide) groups is 1. The number of rotatable bonds is 5. The summed E-state index contributed by atoms with van der Waals surface area (Å²) < 4.78 is 5.39. The van der Waals surface area contributed by atoms with Crippen molar-refractivity contribution >= 4 is 11.8 Å². The van der Waals surface area contributed by atoms with E-state index in [-0.39, 0.29) is 0 Å². The summed E-state index contributed by atoms with van der Waals surface area (Å²) in [6.45, 7) is 11.4. The van der Waals surface area contributed by atoms with Gasteiger partial charge in [-0.3, -0.25) is 4.90 Å². The molecule has 4 heteroatoms. The van der Waals surface area contributed by atoms with Gasteiger partial charge in [0, 0.05) is 36.7 Å². The molecule has 0 bridgehead atoms. The Kier molecular flexibility index (Phi) is 5.15. The van der Waals surface area contributed by atoms with Crippen LogP contribution in [-0.4, -0.2) is 41.6 Å². The van der Waals surface area contributed by atoms with Gasteiger partial charge in [-0.1, -0.05) is 13.8 Å². The predicted molar refractivity (Wildman–Crippen MR) is 78.1 cm³/mol. The van der Waals surface area contributed by atoms with Crippen LogP contribution in [0.25, 0.3) is 0 Å². The highest BCUT2D eigenvalue weighted by atomic mass is 32.2. The molecule has 0 saturated carbocycles. The Morgan fingerprint density at radius 3 is 2.78 bits per heavy atom. The molecule has 0 spiro atoms. The van der Waals surface area contributed by atoms with Crippen molar-refractivity contribution in [2.75, 3.05) is 26.2 Å². The lowest BCUT2D eigenvalue weighted by Gasteiger charge is -2.34. The van der Waals surface area contributed by atoms with Gasteiger partial charge in [0.1, 0.15) is 5.76 Å². The first-order valence-corrected chi connectivity index (χ1v) is 7.74. The molecule has 1 aliphatic heterocycles. The zero-order chi connectivity index (χ0) is 13.0. The third-order valence-corrected chi connectivity index (χ3v) is 4.57. The Morgan fingerprint density at radius 1 is 1.44 bits per heavy atom. The van der Waals surface area contributed by atoms with Gasteiger partial charge in [0.25, 0.3) is 0 Å². The van der Waals surface area contributed by atoms with E-state index < -0.39 is 0 Å². The van der Waals surface area contributed by atoms with Gasteiger partial charge < -0.3 is 9.73 Å². The number of hydrogen-bond acceptors (Lipinski definition) is 4. The van der Waals surface area contributed by atoms with Crippen molar-refractivity contribution in [3.8, 4) is 0 Å². The molecule has 1 N–H and O–H groups in total. The van der Waals surface area contributed by atoms with Gasteiger partial charge in [0.15, 0.2) is 0 Å². The van der Waals surface area contributed by atoms with Crippen LogP contribution in [0.3, 0.4) is 0 Å². The standard InChI is InChI=1S/C14H24N2OS/c1-11-9-16(10-12(2)18-11)7-6-15-13(3)14-5-4-8-17-14/h4-5,8,11-13,15H,6-7,9-10H2,1-3H3. The summed E-state index contributed by atoms with van der Waals surface area (Å²) in [5.41, 5.74) is 0. The smallest absolute Gasteiger partial charge is 0.120 e. The van der Waals surface area contributed by atoms with Crippen LogP contribution in [0.4, 0.5) is 0 Å². The summed E-state index contributed by atoms with van der Waals surface area (Å²) in [5.74, 6) is 1.02. The molecule has 3 nitrogen and oxygen atoms in total. The van der Waals surface area contributed by atoms with E-state index in [1.807, 2.05) is 12.1 Å². The summed E-state index contributed by atoms with van der Waals surface area (Å²) >= 11 is 2.11. The molecule has 18 heavy (non-hydrogen) atoms. The lowest BCUT2D eigenvalue weighted by atomic mass is 10.2. The number of furan rings is 1. The molecular weight excluding hydrogens is 244 g/mol. The van der Waals surface area contributed by atoms with Crippen molar-refractivity contribution in [3.05, 3.63) is 24.2 Å². The maximum absolute atomic E-state index is 5.39. The van der Waals surface area contributed by atoms with Gasteiger partial charge in [0.05, 0.1) is 12.3 Å². The molecule has 1 aromatic heterocycles. The first kappa shape index (κ1) is 14.0. The number of nitrogens with one attached hydrogen (secondary N) is 1. The first-order chi connectivity index (χ1) is 8.65. The molecule has 2 heterocycles. The molecule has 1 fully saturated rings. The van der Waals surface area contributed by atoms with Gasteiger partial charge in [-0.05, 0) is 19.1 Å². The summed E-state index contributed by atoms with van der Waals surface area (Å²) in [5, 5.41) is 5.04. The van der Waals surface area contributed by atoms with E-state index in [0.717, 1.165) is 29.3 Å². The molecule has 0 amide bonds. The van der Waals surface area contributed by atoms with E-state index in [1.165, 1.54) is 13.1 Å². The van der Waals surface area contributed by atoms with Crippen LogP contribution in [0.5, 0.6) is 0 Å². The summed E-state index contributed by atoms with van der Waals surface area (Å²) in [7, 11) is 0. The maximum Gasteiger partial charge on any atom is 0.120 e. The molecule has 102 valence electrons. The second kappa shape index (κ2) is 6.64. The summed E-state index contributed by atoms with van der Waals surface area (Å²) in [6, 6.07) is 4.27. The summed E-state index contributed by atoms with van der Waals surface area (Å²) in [4.78, 5) is 2.56. The molecule has 3 unspecified atom stereocenters. The van der Waals surface area contributed by atoms with Gasteiger partial charge in [-0.2, -0.15) is 11.8 Å². The van der Waals surface area contributed by atoms with Crippen molar-refractivity contribution in [1.29, 1.82) is 0 Å². The van der Waals surface area contributed by atoms with Gasteiger partial charge in [0.2, 0.25) is 0 Å². The van der Waals surface area contributed by atoms with Crippen molar-refractivity contribution in [2.24, 2.45) is 0 Å². The fourth-order valence-electron chi connectivity index (χ4n) is 2.54. The summed E-state index contributed by atoms with van der Waals surface area (Å²) in [6.07, 6.45) is 1.73. The van der Waals surface area contributed by atoms with Crippen LogP contribution in [-0.2, 0) is 0 Å². The van der Waals surface area contributed by atoms with Crippen LogP contribution < -0.4 is 5.32 Å². The topological polar surface area (TPSA) is 28.4 Å². The van der Waals surface area contributed by atoms with Gasteiger partial charge >= 0.3 is 0 Å². The average Bonchev–Trinajstić information content (AvgIpc) is 2.80. The Bertz CT molecular complexity index is 332. The van der Waals surface area contributed by atoms with Crippen molar-refractivity contribution < 1.29 is 4.42 Å². The maximum atomic E-state index is 5.39. The average molecular weight is 268 g/mol. The van der Waals surface area contributed by atoms with E-state index in [1.54, 1.807) is 6.26 Å². The predicted octanol–water partition coefficient (Wildman–Crippen LogP) is 2.76. The minimum Gasteiger partial charge on any atom is -0.468 e. The minimum atomic E-state index is 0.300. The molecule has 2 rings (SSSR count). The molecule has 0 radical (unpaired) electrons. The third-order valence-electron chi connectivity index (χ3n) is 3.34. The molecule has 3 atom stereocenters. The van der Waals surface area contributed by atoms with E-state index >= 15 is 0 Å². The molecule has 1 saturated heterocycles. The molecule has 1 aliphatic rings. The zero-order valence-corrected chi connectivity index (χ0v) is 12.4. The molecule has 1 aromatic rings. The normalized spacial score (nSPS) is 27.3. The van der Waals surface area contributed by atoms with Crippen LogP contribution in [0, 0.1) is 0 Å². The zero-order valence-electron chi connectivity index (χ0n) is 11.6. The van der Waals surface area contributed by atoms with Crippen molar-refractivity contribution in [1.82, 2.24) is 10.2 Å². The Balaban J connectivity index is 1.69.